The van der Waals surface area contributed by atoms with Crippen molar-refractivity contribution in [2.24, 2.45) is 7.05 Å². The molecule has 2 nitrogen and oxygen atoms in total. The number of fused-ring (bicyclic) bond motifs is 3. The summed E-state index contributed by atoms with van der Waals surface area (Å²) in [5.74, 6) is 3.18. The first-order valence-corrected chi connectivity index (χ1v) is 15.6. The van der Waals surface area contributed by atoms with Gasteiger partial charge in [0.05, 0.1) is 13.5 Å². The number of imidazole rings is 1. The molecule has 0 bridgehead atoms. The first-order chi connectivity index (χ1) is 19.2. The van der Waals surface area contributed by atoms with Crippen LogP contribution in [0.1, 0.15) is 116 Å². The summed E-state index contributed by atoms with van der Waals surface area (Å²) in [6, 6.07) is 25.6. The number of para-hydroxylation sites is 1. The van der Waals surface area contributed by atoms with Gasteiger partial charge in [-0.1, -0.05) is 99.2 Å². The van der Waals surface area contributed by atoms with Crippen LogP contribution in [0, 0.1) is 6.92 Å². The predicted octanol–water partition coefficient (Wildman–Crippen LogP) is 9.06. The predicted molar refractivity (Wildman–Crippen MR) is 161 cm³/mol. The van der Waals surface area contributed by atoms with Crippen LogP contribution in [0.4, 0.5) is 0 Å². The third-order valence-electron chi connectivity index (χ3n) is 10.2. The molecule has 2 heteroatoms. The van der Waals surface area contributed by atoms with Crippen LogP contribution in [0.15, 0.2) is 72.9 Å². The summed E-state index contributed by atoms with van der Waals surface area (Å²) < 4.78 is 5.09. The lowest BCUT2D eigenvalue weighted by molar-refractivity contribution is -0.678. The highest BCUT2D eigenvalue weighted by molar-refractivity contribution is 5.72. The lowest BCUT2D eigenvalue weighted by Crippen LogP contribution is -2.35. The van der Waals surface area contributed by atoms with E-state index in [4.69, 9.17) is 0 Å². The minimum absolute atomic E-state index is 0.384. The molecular weight excluding hydrogens is 472 g/mol. The fraction of sp³-hybridized carbons (Fsp3) is 0.432. The van der Waals surface area contributed by atoms with Gasteiger partial charge in [-0.25, -0.2) is 4.57 Å². The smallest absolute Gasteiger partial charge is 0.236 e. The highest BCUT2D eigenvalue weighted by Crippen LogP contribution is 2.47. The van der Waals surface area contributed by atoms with Crippen LogP contribution in [0.2, 0.25) is 0 Å². The fourth-order valence-corrected chi connectivity index (χ4v) is 8.22. The summed E-state index contributed by atoms with van der Waals surface area (Å²) in [6.07, 6.45) is 17.2. The molecular formula is C37H43N2+. The van der Waals surface area contributed by atoms with Gasteiger partial charge < -0.3 is 0 Å². The maximum Gasteiger partial charge on any atom is 0.262 e. The van der Waals surface area contributed by atoms with E-state index in [9.17, 15) is 0 Å². The molecule has 1 aliphatic heterocycles. The van der Waals surface area contributed by atoms with Gasteiger partial charge in [-0.2, -0.15) is 4.57 Å². The Morgan fingerprint density at radius 2 is 1.21 bits per heavy atom. The molecule has 2 heterocycles. The number of aromatic nitrogens is 2. The van der Waals surface area contributed by atoms with Crippen molar-refractivity contribution < 1.29 is 4.57 Å². The van der Waals surface area contributed by atoms with Crippen molar-refractivity contribution in [1.82, 2.24) is 4.57 Å². The van der Waals surface area contributed by atoms with E-state index in [1.165, 1.54) is 98.1 Å². The summed E-state index contributed by atoms with van der Waals surface area (Å²) in [5.41, 5.74) is 11.9. The van der Waals surface area contributed by atoms with E-state index in [1.807, 2.05) is 0 Å². The van der Waals surface area contributed by atoms with Crippen molar-refractivity contribution in [3.8, 4) is 16.9 Å². The van der Waals surface area contributed by atoms with Crippen LogP contribution in [0.25, 0.3) is 16.9 Å². The van der Waals surface area contributed by atoms with Gasteiger partial charge in [0.2, 0.25) is 0 Å². The Morgan fingerprint density at radius 3 is 1.85 bits per heavy atom. The van der Waals surface area contributed by atoms with Crippen LogP contribution in [0.3, 0.4) is 0 Å². The second kappa shape index (κ2) is 10.5. The molecule has 1 atom stereocenters. The third kappa shape index (κ3) is 4.37. The highest BCUT2D eigenvalue weighted by Gasteiger charge is 2.38. The zero-order valence-corrected chi connectivity index (χ0v) is 23.8. The fourth-order valence-electron chi connectivity index (χ4n) is 8.22. The minimum Gasteiger partial charge on any atom is -0.236 e. The number of aryl methyl sites for hydroxylation is 2. The Hall–Kier alpha value is -3.13. The van der Waals surface area contributed by atoms with Crippen LogP contribution in [-0.2, 0) is 13.5 Å². The van der Waals surface area contributed by atoms with E-state index in [0.29, 0.717) is 17.8 Å². The van der Waals surface area contributed by atoms with E-state index < -0.39 is 0 Å². The molecule has 2 saturated carbocycles. The van der Waals surface area contributed by atoms with Gasteiger partial charge in [-0.15, -0.1) is 0 Å². The number of nitrogens with zero attached hydrogens (tertiary/aromatic N) is 2. The molecule has 3 aromatic carbocycles. The zero-order valence-electron chi connectivity index (χ0n) is 23.8. The lowest BCUT2D eigenvalue weighted by atomic mass is 9.76. The van der Waals surface area contributed by atoms with Crippen LogP contribution in [-0.4, -0.2) is 4.57 Å². The third-order valence-corrected chi connectivity index (χ3v) is 10.2. The molecule has 2 fully saturated rings. The van der Waals surface area contributed by atoms with E-state index in [-0.39, 0.29) is 0 Å². The average molecular weight is 516 g/mol. The Labute approximate surface area is 234 Å². The average Bonchev–Trinajstić information content (AvgIpc) is 3.33. The number of benzene rings is 3. The monoisotopic (exact) mass is 515 g/mol. The quantitative estimate of drug-likeness (QED) is 0.240. The molecule has 0 amide bonds. The highest BCUT2D eigenvalue weighted by atomic mass is 15.2. The Kier molecular flexibility index (Phi) is 6.67. The molecule has 0 saturated heterocycles. The van der Waals surface area contributed by atoms with Gasteiger partial charge >= 0.3 is 0 Å². The van der Waals surface area contributed by atoms with E-state index in [0.717, 1.165) is 6.42 Å². The van der Waals surface area contributed by atoms with Crippen LogP contribution >= 0.6 is 0 Å². The normalized spacial score (nSPS) is 20.0. The standard InChI is InChI=1S/C37H43N2/c1-26-14-9-10-19-29(26)33-24-36-38(2)25-35(39(36)34-23-12-11-20-32(33)34)37-30(27-15-5-3-6-16-27)21-13-22-31(37)28-17-7-4-8-18-28/h9-14,19-23,25,27-28,33H,3-8,15-18,24H2,1-2H3/q+1. The van der Waals surface area contributed by atoms with Gasteiger partial charge in [-0.05, 0) is 72.8 Å². The molecule has 3 aliphatic rings. The molecule has 0 N–H and O–H groups in total. The Bertz CT molecular complexity index is 1440. The molecule has 39 heavy (non-hydrogen) atoms. The van der Waals surface area contributed by atoms with Gasteiger partial charge in [-0.3, -0.25) is 0 Å². The summed E-state index contributed by atoms with van der Waals surface area (Å²) in [6.45, 7) is 2.27. The van der Waals surface area contributed by atoms with E-state index in [2.05, 4.69) is 96.0 Å². The van der Waals surface area contributed by atoms with Crippen molar-refractivity contribution >= 4 is 0 Å². The van der Waals surface area contributed by atoms with Gasteiger partial charge in [0.1, 0.15) is 11.9 Å². The zero-order chi connectivity index (χ0) is 26.3. The molecule has 1 unspecified atom stereocenters. The molecule has 1 aromatic heterocycles. The van der Waals surface area contributed by atoms with Crippen LogP contribution < -0.4 is 4.57 Å². The number of hydrogen-bond acceptors (Lipinski definition) is 0. The molecule has 200 valence electrons. The van der Waals surface area contributed by atoms with Gasteiger partial charge in [0.15, 0.2) is 5.69 Å². The van der Waals surface area contributed by atoms with Crippen LogP contribution in [0.5, 0.6) is 0 Å². The van der Waals surface area contributed by atoms with Crippen molar-refractivity contribution in [1.29, 1.82) is 0 Å². The lowest BCUT2D eigenvalue weighted by Gasteiger charge is -2.30. The van der Waals surface area contributed by atoms with Crippen molar-refractivity contribution in [3.63, 3.8) is 0 Å². The molecule has 0 radical (unpaired) electrons. The van der Waals surface area contributed by atoms with Crippen molar-refractivity contribution in [3.05, 3.63) is 107 Å². The number of rotatable bonds is 4. The first-order valence-electron chi connectivity index (χ1n) is 15.6. The Balaban J connectivity index is 1.44. The van der Waals surface area contributed by atoms with Gasteiger partial charge in [0, 0.05) is 17.0 Å². The molecule has 0 spiro atoms. The Morgan fingerprint density at radius 1 is 0.641 bits per heavy atom. The SMILES string of the molecule is Cc1ccccc1C1Cc2n(c(-c3c(C4CCCCC4)cccc3C3CCCCC3)c[n+]2C)-c2ccccc21. The van der Waals surface area contributed by atoms with Gasteiger partial charge in [0.25, 0.3) is 5.82 Å². The summed E-state index contributed by atoms with van der Waals surface area (Å²) in [4.78, 5) is 0. The minimum atomic E-state index is 0.384. The topological polar surface area (TPSA) is 8.81 Å². The molecule has 7 rings (SSSR count). The maximum absolute atomic E-state index is 2.65. The molecule has 2 aliphatic carbocycles. The van der Waals surface area contributed by atoms with Crippen molar-refractivity contribution in [2.45, 2.75) is 95.3 Å². The van der Waals surface area contributed by atoms with Crippen molar-refractivity contribution in [2.75, 3.05) is 0 Å². The first kappa shape index (κ1) is 24.9. The summed E-state index contributed by atoms with van der Waals surface area (Å²) in [5, 5.41) is 0. The maximum atomic E-state index is 2.65. The van der Waals surface area contributed by atoms with E-state index >= 15 is 0 Å². The number of hydrogen-bond donors (Lipinski definition) is 0. The summed E-state index contributed by atoms with van der Waals surface area (Å²) >= 11 is 0. The summed E-state index contributed by atoms with van der Waals surface area (Å²) in [7, 11) is 2.28. The second-order valence-corrected chi connectivity index (χ2v) is 12.5. The molecule has 4 aromatic rings. The van der Waals surface area contributed by atoms with E-state index in [1.54, 1.807) is 16.7 Å². The second-order valence-electron chi connectivity index (χ2n) is 12.5. The largest absolute Gasteiger partial charge is 0.262 e.